The largest absolute Gasteiger partial charge is 0.459 e. The molecule has 0 saturated heterocycles. The van der Waals surface area contributed by atoms with Crippen molar-refractivity contribution in [3.05, 3.63) is 35.6 Å². The first-order valence-electron chi connectivity index (χ1n) is 6.51. The molecule has 0 N–H and O–H groups in total. The maximum atomic E-state index is 13.4. The van der Waals surface area contributed by atoms with Gasteiger partial charge in [0.2, 0.25) is 0 Å². The van der Waals surface area contributed by atoms with E-state index < -0.39 is 11.8 Å². The van der Waals surface area contributed by atoms with Gasteiger partial charge in [-0.15, -0.1) is 0 Å². The Morgan fingerprint density at radius 2 is 1.78 bits per heavy atom. The van der Waals surface area contributed by atoms with E-state index in [1.165, 1.54) is 18.6 Å². The monoisotopic (exact) mass is 250 g/mol. The Bertz CT molecular complexity index is 420. The molecule has 1 saturated carbocycles. The molecule has 2 nitrogen and oxygen atoms in total. The Balaban J connectivity index is 2.01. The molecule has 1 aliphatic carbocycles. The first-order chi connectivity index (χ1) is 8.56. The lowest BCUT2D eigenvalue weighted by molar-refractivity contribution is 0.00762. The summed E-state index contributed by atoms with van der Waals surface area (Å²) in [5.41, 5.74) is 0.0309. The number of carbonyl (C=O) groups excluding carboxylic acids is 1. The summed E-state index contributed by atoms with van der Waals surface area (Å²) in [6.45, 7) is 4.33. The van der Waals surface area contributed by atoms with Gasteiger partial charge in [0.1, 0.15) is 11.9 Å². The van der Waals surface area contributed by atoms with Crippen molar-refractivity contribution < 1.29 is 13.9 Å². The van der Waals surface area contributed by atoms with Crippen LogP contribution >= 0.6 is 0 Å². The normalized spacial score (nSPS) is 27.8. The van der Waals surface area contributed by atoms with Gasteiger partial charge in [-0.3, -0.25) is 0 Å². The molecule has 1 aromatic carbocycles. The molecule has 0 aliphatic heterocycles. The second kappa shape index (κ2) is 5.51. The molecule has 0 bridgehead atoms. The van der Waals surface area contributed by atoms with E-state index in [0.717, 1.165) is 12.8 Å². The van der Waals surface area contributed by atoms with E-state index in [-0.39, 0.29) is 11.7 Å². The number of hydrogen-bond donors (Lipinski definition) is 0. The van der Waals surface area contributed by atoms with Crippen LogP contribution in [-0.4, -0.2) is 12.1 Å². The van der Waals surface area contributed by atoms with Gasteiger partial charge in [-0.2, -0.15) is 0 Å². The molecule has 2 unspecified atom stereocenters. The summed E-state index contributed by atoms with van der Waals surface area (Å²) in [4.78, 5) is 11.9. The number of hydrogen-bond acceptors (Lipinski definition) is 2. The van der Waals surface area contributed by atoms with Crippen LogP contribution in [0.3, 0.4) is 0 Å². The molecular weight excluding hydrogens is 231 g/mol. The maximum absolute atomic E-state index is 13.4. The van der Waals surface area contributed by atoms with Crippen LogP contribution in [0.15, 0.2) is 24.3 Å². The lowest BCUT2D eigenvalue weighted by Crippen LogP contribution is -2.28. The Labute approximate surface area is 107 Å². The average molecular weight is 250 g/mol. The second-order valence-corrected chi connectivity index (χ2v) is 5.42. The van der Waals surface area contributed by atoms with Gasteiger partial charge in [0, 0.05) is 0 Å². The van der Waals surface area contributed by atoms with E-state index in [9.17, 15) is 9.18 Å². The predicted molar refractivity (Wildman–Crippen MR) is 67.8 cm³/mol. The fraction of sp³-hybridized carbons (Fsp3) is 0.533. The summed E-state index contributed by atoms with van der Waals surface area (Å²) in [6, 6.07) is 5.96. The minimum Gasteiger partial charge on any atom is -0.459 e. The Morgan fingerprint density at radius 1 is 1.17 bits per heavy atom. The highest BCUT2D eigenvalue weighted by Gasteiger charge is 2.27. The van der Waals surface area contributed by atoms with Crippen LogP contribution in [0.5, 0.6) is 0 Å². The Morgan fingerprint density at radius 3 is 2.39 bits per heavy atom. The highest BCUT2D eigenvalue weighted by molar-refractivity contribution is 5.89. The molecule has 0 radical (unpaired) electrons. The molecular formula is C15H19FO2. The number of ether oxygens (including phenoxy) is 1. The van der Waals surface area contributed by atoms with Crippen LogP contribution in [-0.2, 0) is 4.74 Å². The van der Waals surface area contributed by atoms with Crippen molar-refractivity contribution in [1.29, 1.82) is 0 Å². The van der Waals surface area contributed by atoms with Crippen molar-refractivity contribution in [3.63, 3.8) is 0 Å². The van der Waals surface area contributed by atoms with Crippen LogP contribution in [0, 0.1) is 17.7 Å². The van der Waals surface area contributed by atoms with Crippen molar-refractivity contribution in [1.82, 2.24) is 0 Å². The van der Waals surface area contributed by atoms with Gasteiger partial charge in [0.15, 0.2) is 0 Å². The molecule has 1 aliphatic rings. The van der Waals surface area contributed by atoms with Crippen LogP contribution in [0.2, 0.25) is 0 Å². The number of esters is 1. The van der Waals surface area contributed by atoms with Gasteiger partial charge < -0.3 is 4.74 Å². The topological polar surface area (TPSA) is 26.3 Å². The number of rotatable bonds is 2. The molecule has 0 aromatic heterocycles. The van der Waals surface area contributed by atoms with E-state index in [1.807, 2.05) is 0 Å². The SMILES string of the molecule is CC1CC(C)CC(OC(=O)c2ccccc2F)C1. The second-order valence-electron chi connectivity index (χ2n) is 5.42. The molecule has 2 rings (SSSR count). The highest BCUT2D eigenvalue weighted by atomic mass is 19.1. The summed E-state index contributed by atoms with van der Waals surface area (Å²) < 4.78 is 18.9. The van der Waals surface area contributed by atoms with Crippen molar-refractivity contribution in [2.75, 3.05) is 0 Å². The zero-order valence-corrected chi connectivity index (χ0v) is 10.9. The summed E-state index contributed by atoms with van der Waals surface area (Å²) in [5, 5.41) is 0. The molecule has 2 atom stereocenters. The number of halogens is 1. The molecule has 0 heterocycles. The standard InChI is InChI=1S/C15H19FO2/c1-10-7-11(2)9-12(8-10)18-15(17)13-5-3-4-6-14(13)16/h3-6,10-12H,7-9H2,1-2H3. The number of carbonyl (C=O) groups is 1. The van der Waals surface area contributed by atoms with E-state index >= 15 is 0 Å². The van der Waals surface area contributed by atoms with Crippen LogP contribution in [0.4, 0.5) is 4.39 Å². The van der Waals surface area contributed by atoms with Crippen LogP contribution in [0.25, 0.3) is 0 Å². The fourth-order valence-electron chi connectivity index (χ4n) is 2.81. The van der Waals surface area contributed by atoms with E-state index in [4.69, 9.17) is 4.74 Å². The van der Waals surface area contributed by atoms with Crippen molar-refractivity contribution in [3.8, 4) is 0 Å². The van der Waals surface area contributed by atoms with Gasteiger partial charge in [-0.25, -0.2) is 9.18 Å². The molecule has 1 fully saturated rings. The van der Waals surface area contributed by atoms with Crippen molar-refractivity contribution in [2.45, 2.75) is 39.2 Å². The van der Waals surface area contributed by atoms with Gasteiger partial charge in [-0.05, 0) is 43.2 Å². The molecule has 0 amide bonds. The van der Waals surface area contributed by atoms with Crippen molar-refractivity contribution >= 4 is 5.97 Å². The summed E-state index contributed by atoms with van der Waals surface area (Å²) >= 11 is 0. The zero-order chi connectivity index (χ0) is 13.1. The lowest BCUT2D eigenvalue weighted by atomic mass is 9.82. The van der Waals surface area contributed by atoms with E-state index in [2.05, 4.69) is 13.8 Å². The molecule has 1 aromatic rings. The molecule has 3 heteroatoms. The summed E-state index contributed by atoms with van der Waals surface area (Å²) in [7, 11) is 0. The Hall–Kier alpha value is -1.38. The minimum atomic E-state index is -0.542. The first-order valence-corrected chi connectivity index (χ1v) is 6.51. The zero-order valence-electron chi connectivity index (χ0n) is 10.9. The highest BCUT2D eigenvalue weighted by Crippen LogP contribution is 2.30. The number of benzene rings is 1. The smallest absolute Gasteiger partial charge is 0.341 e. The van der Waals surface area contributed by atoms with Gasteiger partial charge in [0.05, 0.1) is 5.56 Å². The van der Waals surface area contributed by atoms with Crippen molar-refractivity contribution in [2.24, 2.45) is 11.8 Å². The molecule has 0 spiro atoms. The molecule has 18 heavy (non-hydrogen) atoms. The van der Waals surface area contributed by atoms with E-state index in [0.29, 0.717) is 11.8 Å². The van der Waals surface area contributed by atoms with Gasteiger partial charge in [-0.1, -0.05) is 26.0 Å². The average Bonchev–Trinajstić information content (AvgIpc) is 2.27. The quantitative estimate of drug-likeness (QED) is 0.746. The van der Waals surface area contributed by atoms with Gasteiger partial charge >= 0.3 is 5.97 Å². The van der Waals surface area contributed by atoms with Crippen LogP contribution in [0.1, 0.15) is 43.5 Å². The van der Waals surface area contributed by atoms with Gasteiger partial charge in [0.25, 0.3) is 0 Å². The third-order valence-electron chi connectivity index (χ3n) is 3.50. The maximum Gasteiger partial charge on any atom is 0.341 e. The third kappa shape index (κ3) is 3.09. The van der Waals surface area contributed by atoms with Crippen LogP contribution < -0.4 is 0 Å². The minimum absolute atomic E-state index is 0.0309. The lowest BCUT2D eigenvalue weighted by Gasteiger charge is -2.31. The fourth-order valence-corrected chi connectivity index (χ4v) is 2.81. The summed E-state index contributed by atoms with van der Waals surface area (Å²) in [6.07, 6.45) is 2.86. The Kier molecular flexibility index (Phi) is 4.00. The van der Waals surface area contributed by atoms with E-state index in [1.54, 1.807) is 12.1 Å². The third-order valence-corrected chi connectivity index (χ3v) is 3.50. The molecule has 98 valence electrons. The predicted octanol–water partition coefficient (Wildman–Crippen LogP) is 3.81. The first kappa shape index (κ1) is 13.1. The summed E-state index contributed by atoms with van der Waals surface area (Å²) in [5.74, 6) is 0.0677.